The van der Waals surface area contributed by atoms with Gasteiger partial charge in [-0.2, -0.15) is 13.2 Å². The molecular formula is C20H19F5N6. The average molecular weight is 438 g/mol. The summed E-state index contributed by atoms with van der Waals surface area (Å²) in [5, 5.41) is 6.06. The number of anilines is 2. The normalized spacial score (nSPS) is 15.0. The SMILES string of the molecule is FC(F)c1c(C(F)(F)F)ncc(NCc2ccc3nccnc3c2)c1N1CCNCC1. The number of hydrogen-bond acceptors (Lipinski definition) is 6. The van der Waals surface area contributed by atoms with Gasteiger partial charge in [0.1, 0.15) is 0 Å². The van der Waals surface area contributed by atoms with Crippen molar-refractivity contribution in [1.29, 1.82) is 0 Å². The van der Waals surface area contributed by atoms with E-state index in [0.29, 0.717) is 37.2 Å². The van der Waals surface area contributed by atoms with Crippen molar-refractivity contribution in [2.24, 2.45) is 0 Å². The molecule has 1 aromatic carbocycles. The van der Waals surface area contributed by atoms with Crippen molar-refractivity contribution in [3.05, 3.63) is 53.6 Å². The van der Waals surface area contributed by atoms with Gasteiger partial charge < -0.3 is 15.5 Å². The van der Waals surface area contributed by atoms with Crippen molar-refractivity contribution in [2.75, 3.05) is 36.4 Å². The van der Waals surface area contributed by atoms with Gasteiger partial charge in [0.15, 0.2) is 5.69 Å². The van der Waals surface area contributed by atoms with E-state index in [1.807, 2.05) is 0 Å². The molecule has 3 heterocycles. The summed E-state index contributed by atoms with van der Waals surface area (Å²) < 4.78 is 68.0. The number of nitrogens with zero attached hydrogens (tertiary/aromatic N) is 4. The fourth-order valence-electron chi connectivity index (χ4n) is 3.62. The topological polar surface area (TPSA) is 66.0 Å². The molecule has 31 heavy (non-hydrogen) atoms. The van der Waals surface area contributed by atoms with Gasteiger partial charge in [-0.3, -0.25) is 9.97 Å². The summed E-state index contributed by atoms with van der Waals surface area (Å²) in [6.45, 7) is 1.77. The summed E-state index contributed by atoms with van der Waals surface area (Å²) >= 11 is 0. The van der Waals surface area contributed by atoms with Crippen molar-refractivity contribution >= 4 is 22.4 Å². The molecule has 0 atom stereocenters. The first-order chi connectivity index (χ1) is 14.8. The van der Waals surface area contributed by atoms with Crippen molar-refractivity contribution in [3.63, 3.8) is 0 Å². The van der Waals surface area contributed by atoms with E-state index in [2.05, 4.69) is 25.6 Å². The van der Waals surface area contributed by atoms with Gasteiger partial charge in [0, 0.05) is 45.1 Å². The molecule has 0 saturated carbocycles. The Kier molecular flexibility index (Phi) is 5.86. The molecule has 4 rings (SSSR count). The van der Waals surface area contributed by atoms with Gasteiger partial charge in [0.05, 0.1) is 34.2 Å². The zero-order chi connectivity index (χ0) is 22.0. The Labute approximate surface area is 174 Å². The van der Waals surface area contributed by atoms with Gasteiger partial charge >= 0.3 is 6.18 Å². The van der Waals surface area contributed by atoms with Gasteiger partial charge in [0.2, 0.25) is 0 Å². The summed E-state index contributed by atoms with van der Waals surface area (Å²) in [6, 6.07) is 5.34. The van der Waals surface area contributed by atoms with Crippen molar-refractivity contribution in [3.8, 4) is 0 Å². The molecule has 11 heteroatoms. The molecule has 1 aliphatic rings. The van der Waals surface area contributed by atoms with Crippen LogP contribution in [0.3, 0.4) is 0 Å². The number of aromatic nitrogens is 3. The Balaban J connectivity index is 1.72. The number of pyridine rings is 1. The van der Waals surface area contributed by atoms with Gasteiger partial charge in [-0.25, -0.2) is 13.8 Å². The van der Waals surface area contributed by atoms with Gasteiger partial charge in [-0.15, -0.1) is 0 Å². The fourth-order valence-corrected chi connectivity index (χ4v) is 3.62. The van der Waals surface area contributed by atoms with Crippen LogP contribution in [0.1, 0.15) is 23.2 Å². The predicted octanol–water partition coefficient (Wildman–Crippen LogP) is 4.00. The molecular weight excluding hydrogens is 419 g/mol. The quantitative estimate of drug-likeness (QED) is 0.587. The first-order valence-electron chi connectivity index (χ1n) is 9.62. The first-order valence-corrected chi connectivity index (χ1v) is 9.62. The summed E-state index contributed by atoms with van der Waals surface area (Å²) in [7, 11) is 0. The first kappa shape index (κ1) is 21.2. The third kappa shape index (κ3) is 4.50. The molecule has 0 aliphatic carbocycles. The number of alkyl halides is 5. The summed E-state index contributed by atoms with van der Waals surface area (Å²) in [6.07, 6.45) is -4.21. The maximum atomic E-state index is 13.9. The van der Waals surface area contributed by atoms with Crippen molar-refractivity contribution < 1.29 is 22.0 Å². The zero-order valence-electron chi connectivity index (χ0n) is 16.3. The van der Waals surface area contributed by atoms with Gasteiger partial charge in [-0.1, -0.05) is 6.07 Å². The highest BCUT2D eigenvalue weighted by Crippen LogP contribution is 2.43. The minimum Gasteiger partial charge on any atom is -0.378 e. The monoisotopic (exact) mass is 438 g/mol. The smallest absolute Gasteiger partial charge is 0.378 e. The summed E-state index contributed by atoms with van der Waals surface area (Å²) in [5.74, 6) is 0. The highest BCUT2D eigenvalue weighted by molar-refractivity contribution is 5.76. The van der Waals surface area contributed by atoms with E-state index >= 15 is 0 Å². The predicted molar refractivity (Wildman–Crippen MR) is 106 cm³/mol. The van der Waals surface area contributed by atoms with E-state index in [0.717, 1.165) is 11.8 Å². The largest absolute Gasteiger partial charge is 0.433 e. The molecule has 2 N–H and O–H groups in total. The number of rotatable bonds is 5. The van der Waals surface area contributed by atoms with Crippen LogP contribution in [0.4, 0.5) is 33.3 Å². The summed E-state index contributed by atoms with van der Waals surface area (Å²) in [5.41, 5.74) is -0.542. The fraction of sp³-hybridized carbons (Fsp3) is 0.350. The van der Waals surface area contributed by atoms with Crippen LogP contribution in [0.25, 0.3) is 11.0 Å². The van der Waals surface area contributed by atoms with E-state index < -0.39 is 23.9 Å². The molecule has 164 valence electrons. The Bertz CT molecular complexity index is 1070. The number of fused-ring (bicyclic) bond motifs is 1. The van der Waals surface area contributed by atoms with Gasteiger partial charge in [-0.05, 0) is 17.7 Å². The molecule has 0 unspecified atom stereocenters. The van der Waals surface area contributed by atoms with Crippen LogP contribution in [0, 0.1) is 0 Å². The number of nitrogens with one attached hydrogen (secondary N) is 2. The number of halogens is 5. The number of piperazine rings is 1. The van der Waals surface area contributed by atoms with Crippen LogP contribution in [0.5, 0.6) is 0 Å². The van der Waals surface area contributed by atoms with Crippen LogP contribution >= 0.6 is 0 Å². The second-order valence-electron chi connectivity index (χ2n) is 7.05. The van der Waals surface area contributed by atoms with E-state index in [1.54, 1.807) is 35.5 Å². The lowest BCUT2D eigenvalue weighted by Gasteiger charge is -2.33. The highest BCUT2D eigenvalue weighted by Gasteiger charge is 2.41. The maximum Gasteiger partial charge on any atom is 0.433 e. The van der Waals surface area contributed by atoms with E-state index in [1.165, 1.54) is 0 Å². The highest BCUT2D eigenvalue weighted by atomic mass is 19.4. The van der Waals surface area contributed by atoms with Gasteiger partial charge in [0.25, 0.3) is 6.43 Å². The van der Waals surface area contributed by atoms with Crippen LogP contribution in [-0.4, -0.2) is 41.1 Å². The molecule has 1 fully saturated rings. The minimum atomic E-state index is -4.98. The lowest BCUT2D eigenvalue weighted by atomic mass is 10.1. The maximum absolute atomic E-state index is 13.9. The Morgan fingerprint density at radius 1 is 1.03 bits per heavy atom. The molecule has 0 bridgehead atoms. The number of benzene rings is 1. The molecule has 6 nitrogen and oxygen atoms in total. The van der Waals surface area contributed by atoms with Crippen LogP contribution in [-0.2, 0) is 12.7 Å². The Morgan fingerprint density at radius 2 is 1.74 bits per heavy atom. The Morgan fingerprint density at radius 3 is 2.42 bits per heavy atom. The molecule has 2 aromatic heterocycles. The Hall–Kier alpha value is -3.08. The third-order valence-electron chi connectivity index (χ3n) is 5.02. The summed E-state index contributed by atoms with van der Waals surface area (Å²) in [4.78, 5) is 13.3. The molecule has 0 spiro atoms. The average Bonchev–Trinajstić information content (AvgIpc) is 2.76. The van der Waals surface area contributed by atoms with E-state index in [4.69, 9.17) is 0 Å². The van der Waals surface area contributed by atoms with Crippen LogP contribution in [0.2, 0.25) is 0 Å². The van der Waals surface area contributed by atoms with Crippen LogP contribution in [0.15, 0.2) is 36.8 Å². The van der Waals surface area contributed by atoms with Crippen LogP contribution < -0.4 is 15.5 Å². The van der Waals surface area contributed by atoms with E-state index in [9.17, 15) is 22.0 Å². The second-order valence-corrected chi connectivity index (χ2v) is 7.05. The third-order valence-corrected chi connectivity index (χ3v) is 5.02. The standard InChI is InChI=1S/C20H19F5N6/c21-19(22)16-17(31-7-5-26-6-8-31)15(11-30-18(16)20(23,24)25)29-10-12-1-2-13-14(9-12)28-4-3-27-13/h1-4,9,11,19,26,29H,5-8,10H2. The molecule has 3 aromatic rings. The molecule has 0 radical (unpaired) electrons. The molecule has 0 amide bonds. The minimum absolute atomic E-state index is 0.129. The lowest BCUT2D eigenvalue weighted by molar-refractivity contribution is -0.143. The molecule has 1 aliphatic heterocycles. The van der Waals surface area contributed by atoms with E-state index in [-0.39, 0.29) is 17.9 Å². The zero-order valence-corrected chi connectivity index (χ0v) is 16.3. The second kappa shape index (κ2) is 8.58. The molecule has 1 saturated heterocycles. The number of hydrogen-bond donors (Lipinski definition) is 2. The van der Waals surface area contributed by atoms with Crippen molar-refractivity contribution in [1.82, 2.24) is 20.3 Å². The lowest BCUT2D eigenvalue weighted by Crippen LogP contribution is -2.44. The van der Waals surface area contributed by atoms with Crippen molar-refractivity contribution in [2.45, 2.75) is 19.1 Å².